The number of nitrogens with zero attached hydrogens (tertiary/aromatic N) is 6. The Kier molecular flexibility index (Phi) is 5.06. The molecule has 0 aromatic carbocycles. The van der Waals surface area contributed by atoms with E-state index in [0.29, 0.717) is 11.9 Å². The molecule has 8 heteroatoms. The number of aromatic nitrogens is 6. The molecule has 0 spiro atoms. The number of anilines is 2. The normalized spacial score (nSPS) is 17.8. The Bertz CT molecular complexity index is 872. The summed E-state index contributed by atoms with van der Waals surface area (Å²) in [5.74, 6) is 1.64. The Hall–Kier alpha value is -2.87. The van der Waals surface area contributed by atoms with Crippen LogP contribution in [0.1, 0.15) is 41.5 Å². The van der Waals surface area contributed by atoms with Gasteiger partial charge in [0, 0.05) is 54.7 Å². The lowest BCUT2D eigenvalue weighted by Gasteiger charge is -2.32. The van der Waals surface area contributed by atoms with Crippen LogP contribution in [0.2, 0.25) is 0 Å². The molecule has 3 aromatic rings. The number of likely N-dealkylation sites (tertiary alicyclic amines) is 1. The summed E-state index contributed by atoms with van der Waals surface area (Å²) in [5, 5.41) is 3.28. The van der Waals surface area contributed by atoms with Gasteiger partial charge < -0.3 is 10.3 Å². The summed E-state index contributed by atoms with van der Waals surface area (Å²) in [6.45, 7) is 6.83. The molecule has 0 amide bonds. The van der Waals surface area contributed by atoms with Gasteiger partial charge in [-0.1, -0.05) is 0 Å². The van der Waals surface area contributed by atoms with Gasteiger partial charge in [-0.15, -0.1) is 0 Å². The largest absolute Gasteiger partial charge is 0.347 e. The van der Waals surface area contributed by atoms with Crippen molar-refractivity contribution in [2.24, 2.45) is 0 Å². The van der Waals surface area contributed by atoms with Gasteiger partial charge in [-0.3, -0.25) is 9.88 Å². The standard InChI is InChI=1S/C19H24N8/c1-13-8-14(2)25-19(24-13)26-18-17(21-5-6-22-18)15-4-3-7-27(10-15)11-16-9-20-12-23-16/h5-6,8-9,12,15H,3-4,7,10-11H2,1-2H3,(H,20,23)(H,22,24,25,26). The molecule has 4 heterocycles. The number of hydrogen-bond donors (Lipinski definition) is 2. The van der Waals surface area contributed by atoms with Crippen LogP contribution < -0.4 is 5.32 Å². The van der Waals surface area contributed by atoms with Crippen molar-refractivity contribution in [2.75, 3.05) is 18.4 Å². The first-order valence-corrected chi connectivity index (χ1v) is 9.27. The summed E-state index contributed by atoms with van der Waals surface area (Å²) in [7, 11) is 0. The molecule has 0 aliphatic carbocycles. The maximum Gasteiger partial charge on any atom is 0.228 e. The van der Waals surface area contributed by atoms with Crippen LogP contribution >= 0.6 is 0 Å². The Morgan fingerprint density at radius 3 is 2.78 bits per heavy atom. The van der Waals surface area contributed by atoms with Crippen molar-refractivity contribution >= 4 is 11.8 Å². The fourth-order valence-electron chi connectivity index (χ4n) is 3.67. The SMILES string of the molecule is Cc1cc(C)nc(Nc2nccnc2C2CCCN(Cc3cnc[nH]3)C2)n1. The summed E-state index contributed by atoms with van der Waals surface area (Å²) in [5.41, 5.74) is 3.98. The first-order valence-electron chi connectivity index (χ1n) is 9.27. The van der Waals surface area contributed by atoms with E-state index >= 15 is 0 Å². The van der Waals surface area contributed by atoms with Gasteiger partial charge in [0.2, 0.25) is 5.95 Å². The number of hydrogen-bond acceptors (Lipinski definition) is 7. The number of H-pyrrole nitrogens is 1. The van der Waals surface area contributed by atoms with E-state index in [1.165, 1.54) is 0 Å². The van der Waals surface area contributed by atoms with Crippen molar-refractivity contribution in [1.82, 2.24) is 34.8 Å². The van der Waals surface area contributed by atoms with Crippen LogP contribution in [0, 0.1) is 13.8 Å². The van der Waals surface area contributed by atoms with Gasteiger partial charge in [0.15, 0.2) is 5.82 Å². The number of rotatable bonds is 5. The van der Waals surface area contributed by atoms with Crippen molar-refractivity contribution in [1.29, 1.82) is 0 Å². The molecule has 0 bridgehead atoms. The third-order valence-corrected chi connectivity index (χ3v) is 4.78. The number of nitrogens with one attached hydrogen (secondary N) is 2. The minimum Gasteiger partial charge on any atom is -0.347 e. The third kappa shape index (κ3) is 4.28. The molecular weight excluding hydrogens is 340 g/mol. The molecule has 1 unspecified atom stereocenters. The Morgan fingerprint density at radius 2 is 2.00 bits per heavy atom. The molecule has 1 saturated heterocycles. The minimum atomic E-state index is 0.323. The van der Waals surface area contributed by atoms with Gasteiger partial charge in [-0.25, -0.2) is 19.9 Å². The van der Waals surface area contributed by atoms with Crippen molar-refractivity contribution in [3.8, 4) is 0 Å². The molecule has 0 saturated carbocycles. The summed E-state index contributed by atoms with van der Waals surface area (Å²) in [6, 6.07) is 1.96. The van der Waals surface area contributed by atoms with E-state index in [9.17, 15) is 0 Å². The van der Waals surface area contributed by atoms with Crippen LogP contribution in [0.25, 0.3) is 0 Å². The maximum absolute atomic E-state index is 4.65. The molecule has 140 valence electrons. The fraction of sp³-hybridized carbons (Fsp3) is 0.421. The third-order valence-electron chi connectivity index (χ3n) is 4.78. The van der Waals surface area contributed by atoms with Crippen molar-refractivity contribution < 1.29 is 0 Å². The Labute approximate surface area is 158 Å². The Morgan fingerprint density at radius 1 is 1.19 bits per heavy atom. The smallest absolute Gasteiger partial charge is 0.228 e. The summed E-state index contributed by atoms with van der Waals surface area (Å²) in [4.78, 5) is 27.8. The van der Waals surface area contributed by atoms with Gasteiger partial charge in [-0.05, 0) is 39.3 Å². The molecule has 1 atom stereocenters. The predicted octanol–water partition coefficient (Wildman–Crippen LogP) is 2.73. The van der Waals surface area contributed by atoms with Gasteiger partial charge in [0.05, 0.1) is 12.0 Å². The summed E-state index contributed by atoms with van der Waals surface area (Å²) >= 11 is 0. The second-order valence-corrected chi connectivity index (χ2v) is 7.04. The van der Waals surface area contributed by atoms with E-state index in [1.807, 2.05) is 26.1 Å². The zero-order chi connectivity index (χ0) is 18.6. The van der Waals surface area contributed by atoms with E-state index in [1.54, 1.807) is 18.7 Å². The van der Waals surface area contributed by atoms with Gasteiger partial charge in [0.25, 0.3) is 0 Å². The lowest BCUT2D eigenvalue weighted by molar-refractivity contribution is 0.197. The highest BCUT2D eigenvalue weighted by atomic mass is 15.2. The van der Waals surface area contributed by atoms with Crippen LogP contribution in [-0.4, -0.2) is 47.9 Å². The molecule has 0 radical (unpaired) electrons. The van der Waals surface area contributed by atoms with E-state index < -0.39 is 0 Å². The molecule has 1 aliphatic heterocycles. The molecular formula is C19H24N8. The highest BCUT2D eigenvalue weighted by Gasteiger charge is 2.25. The van der Waals surface area contributed by atoms with Crippen LogP contribution in [0.4, 0.5) is 11.8 Å². The molecule has 3 aromatic heterocycles. The average molecular weight is 364 g/mol. The highest BCUT2D eigenvalue weighted by molar-refractivity contribution is 5.52. The minimum absolute atomic E-state index is 0.323. The zero-order valence-corrected chi connectivity index (χ0v) is 15.7. The Balaban J connectivity index is 1.53. The second-order valence-electron chi connectivity index (χ2n) is 7.04. The number of piperidine rings is 1. The average Bonchev–Trinajstić information content (AvgIpc) is 3.14. The van der Waals surface area contributed by atoms with Crippen LogP contribution in [0.15, 0.2) is 31.0 Å². The quantitative estimate of drug-likeness (QED) is 0.718. The zero-order valence-electron chi connectivity index (χ0n) is 15.7. The monoisotopic (exact) mass is 364 g/mol. The highest BCUT2D eigenvalue weighted by Crippen LogP contribution is 2.30. The van der Waals surface area contributed by atoms with E-state index in [4.69, 9.17) is 0 Å². The second kappa shape index (κ2) is 7.79. The van der Waals surface area contributed by atoms with Crippen molar-refractivity contribution in [3.63, 3.8) is 0 Å². The molecule has 2 N–H and O–H groups in total. The number of aryl methyl sites for hydroxylation is 2. The van der Waals surface area contributed by atoms with Gasteiger partial charge in [0.1, 0.15) is 0 Å². The number of imidazole rings is 1. The molecule has 27 heavy (non-hydrogen) atoms. The van der Waals surface area contributed by atoms with E-state index in [-0.39, 0.29) is 0 Å². The topological polar surface area (TPSA) is 95.5 Å². The summed E-state index contributed by atoms with van der Waals surface area (Å²) in [6.07, 6.45) is 9.31. The van der Waals surface area contributed by atoms with Gasteiger partial charge >= 0.3 is 0 Å². The molecule has 8 nitrogen and oxygen atoms in total. The maximum atomic E-state index is 4.65. The lowest BCUT2D eigenvalue weighted by atomic mass is 9.94. The van der Waals surface area contributed by atoms with E-state index in [0.717, 1.165) is 61.1 Å². The predicted molar refractivity (Wildman–Crippen MR) is 103 cm³/mol. The summed E-state index contributed by atoms with van der Waals surface area (Å²) < 4.78 is 0. The molecule has 4 rings (SSSR count). The van der Waals surface area contributed by atoms with Crippen LogP contribution in [0.3, 0.4) is 0 Å². The lowest BCUT2D eigenvalue weighted by Crippen LogP contribution is -2.34. The van der Waals surface area contributed by atoms with E-state index in [2.05, 4.69) is 40.1 Å². The first kappa shape index (κ1) is 17.5. The fourth-order valence-corrected chi connectivity index (χ4v) is 3.67. The van der Waals surface area contributed by atoms with Crippen molar-refractivity contribution in [3.05, 3.63) is 53.8 Å². The molecule has 1 fully saturated rings. The van der Waals surface area contributed by atoms with Gasteiger partial charge in [-0.2, -0.15) is 0 Å². The first-order chi connectivity index (χ1) is 13.2. The number of aromatic amines is 1. The molecule has 1 aliphatic rings. The van der Waals surface area contributed by atoms with Crippen molar-refractivity contribution in [2.45, 2.75) is 39.2 Å². The van der Waals surface area contributed by atoms with Crippen LogP contribution in [0.5, 0.6) is 0 Å². The van der Waals surface area contributed by atoms with Crippen LogP contribution in [-0.2, 0) is 6.54 Å².